The van der Waals surface area contributed by atoms with E-state index in [-0.39, 0.29) is 23.3 Å². The van der Waals surface area contributed by atoms with Crippen LogP contribution < -0.4 is 0 Å². The molecule has 0 spiro atoms. The molecule has 0 unspecified atom stereocenters. The normalized spacial score (nSPS) is 18.1. The summed E-state index contributed by atoms with van der Waals surface area (Å²) in [7, 11) is 3.39. The number of nitrogens with zero attached hydrogens (tertiary/aromatic N) is 4. The minimum atomic E-state index is -0.106. The second-order valence-electron chi connectivity index (χ2n) is 7.29. The molecular formula is C24H24N4O4. The Hall–Kier alpha value is -4.20. The van der Waals surface area contributed by atoms with E-state index in [1.54, 1.807) is 88.6 Å². The van der Waals surface area contributed by atoms with E-state index in [1.165, 1.54) is 9.80 Å². The second kappa shape index (κ2) is 9.30. The number of amides is 2. The van der Waals surface area contributed by atoms with Gasteiger partial charge in [-0.2, -0.15) is 0 Å². The first kappa shape index (κ1) is 22.5. The summed E-state index contributed by atoms with van der Waals surface area (Å²) < 4.78 is 0. The third-order valence-electron chi connectivity index (χ3n) is 4.98. The maximum Gasteiger partial charge on any atom is 0.277 e. The molecule has 0 bridgehead atoms. The number of phenolic OH excluding ortho intramolecular Hbond substituents is 2. The number of hydrogen-bond acceptors (Lipinski definition) is 6. The van der Waals surface area contributed by atoms with E-state index in [4.69, 9.17) is 10.2 Å². The number of benzene rings is 2. The molecule has 2 amide bonds. The van der Waals surface area contributed by atoms with Crippen LogP contribution in [-0.4, -0.2) is 57.6 Å². The summed E-state index contributed by atoms with van der Waals surface area (Å²) in [6.45, 7) is 3.57. The molecule has 2 aliphatic rings. The van der Waals surface area contributed by atoms with Crippen LogP contribution >= 0.6 is 0 Å². The number of carbonyl (C=O) groups excluding carboxylic acids is 2. The van der Waals surface area contributed by atoms with Gasteiger partial charge in [0.1, 0.15) is 34.6 Å². The van der Waals surface area contributed by atoms with E-state index in [2.05, 4.69) is 9.98 Å². The Labute approximate surface area is 186 Å². The van der Waals surface area contributed by atoms with Crippen molar-refractivity contribution in [3.63, 3.8) is 0 Å². The molecule has 32 heavy (non-hydrogen) atoms. The molecule has 8 nitrogen and oxygen atoms in total. The first-order chi connectivity index (χ1) is 15.2. The van der Waals surface area contributed by atoms with Gasteiger partial charge >= 0.3 is 0 Å². The fraction of sp³-hybridized carbons (Fsp3) is 0.167. The SMILES string of the molecule is CC1=N/C(=C\c2ccc(O)cc2)C(=O)N1C.CC1=N/C(=C\c2ccc(O)cc2)C(=O)N1C. The summed E-state index contributed by atoms with van der Waals surface area (Å²) in [5, 5.41) is 18.3. The van der Waals surface area contributed by atoms with Crippen LogP contribution in [0.3, 0.4) is 0 Å². The Bertz CT molecular complexity index is 1070. The molecule has 0 fully saturated rings. The van der Waals surface area contributed by atoms with Crippen molar-refractivity contribution in [3.05, 3.63) is 71.1 Å². The molecule has 0 radical (unpaired) electrons. The number of likely N-dealkylation sites (N-methyl/N-ethyl adjacent to an activating group) is 2. The minimum Gasteiger partial charge on any atom is -0.508 e. The maximum absolute atomic E-state index is 11.7. The van der Waals surface area contributed by atoms with Crippen LogP contribution in [0.5, 0.6) is 11.5 Å². The molecule has 0 saturated carbocycles. The van der Waals surface area contributed by atoms with Gasteiger partial charge < -0.3 is 10.2 Å². The van der Waals surface area contributed by atoms with Gasteiger partial charge in [0.2, 0.25) is 0 Å². The van der Waals surface area contributed by atoms with E-state index >= 15 is 0 Å². The zero-order chi connectivity index (χ0) is 23.4. The fourth-order valence-electron chi connectivity index (χ4n) is 2.88. The van der Waals surface area contributed by atoms with Crippen LogP contribution in [0.1, 0.15) is 25.0 Å². The molecule has 164 valence electrons. The smallest absolute Gasteiger partial charge is 0.277 e. The van der Waals surface area contributed by atoms with Crippen molar-refractivity contribution in [2.75, 3.05) is 14.1 Å². The third-order valence-corrected chi connectivity index (χ3v) is 4.98. The highest BCUT2D eigenvalue weighted by atomic mass is 16.3. The van der Waals surface area contributed by atoms with Crippen molar-refractivity contribution in [2.24, 2.45) is 9.98 Å². The summed E-state index contributed by atoms with van der Waals surface area (Å²) in [4.78, 5) is 34.7. The van der Waals surface area contributed by atoms with Crippen molar-refractivity contribution in [1.82, 2.24) is 9.80 Å². The van der Waals surface area contributed by atoms with Crippen molar-refractivity contribution in [2.45, 2.75) is 13.8 Å². The number of hydrogen-bond donors (Lipinski definition) is 2. The lowest BCUT2D eigenvalue weighted by Gasteiger charge is -2.05. The number of aromatic hydroxyl groups is 2. The van der Waals surface area contributed by atoms with E-state index in [1.807, 2.05) is 0 Å². The van der Waals surface area contributed by atoms with Crippen LogP contribution in [0.15, 0.2) is 69.9 Å². The summed E-state index contributed by atoms with van der Waals surface area (Å²) >= 11 is 0. The summed E-state index contributed by atoms with van der Waals surface area (Å²) in [5.41, 5.74) is 2.53. The van der Waals surface area contributed by atoms with Gasteiger partial charge in [-0.3, -0.25) is 19.4 Å². The molecule has 8 heteroatoms. The minimum absolute atomic E-state index is 0.106. The van der Waals surface area contributed by atoms with Crippen LogP contribution in [0, 0.1) is 0 Å². The molecule has 2 aromatic carbocycles. The van der Waals surface area contributed by atoms with Gasteiger partial charge in [0.05, 0.1) is 0 Å². The largest absolute Gasteiger partial charge is 0.508 e. The number of phenols is 2. The first-order valence-corrected chi connectivity index (χ1v) is 9.84. The lowest BCUT2D eigenvalue weighted by atomic mass is 10.2. The van der Waals surface area contributed by atoms with Crippen molar-refractivity contribution >= 4 is 35.6 Å². The molecular weight excluding hydrogens is 408 g/mol. The molecule has 2 aromatic rings. The first-order valence-electron chi connectivity index (χ1n) is 9.84. The van der Waals surface area contributed by atoms with Gasteiger partial charge in [-0.05, 0) is 61.4 Å². The number of amidine groups is 2. The Morgan fingerprint density at radius 3 is 1.22 bits per heavy atom. The monoisotopic (exact) mass is 432 g/mol. The van der Waals surface area contributed by atoms with Gasteiger partial charge in [-0.1, -0.05) is 24.3 Å². The predicted octanol–water partition coefficient (Wildman–Crippen LogP) is 3.25. The van der Waals surface area contributed by atoms with E-state index < -0.39 is 0 Å². The topological polar surface area (TPSA) is 106 Å². The highest BCUT2D eigenvalue weighted by Crippen LogP contribution is 2.19. The van der Waals surface area contributed by atoms with Crippen molar-refractivity contribution in [1.29, 1.82) is 0 Å². The zero-order valence-electron chi connectivity index (χ0n) is 18.3. The maximum atomic E-state index is 11.7. The standard InChI is InChI=1S/2C12H12N2O2/c2*1-8-13-11(12(16)14(8)2)7-9-3-5-10(15)6-4-9/h2*3-7,15H,1-2H3/b2*11-7-. The molecule has 4 rings (SSSR count). The summed E-state index contributed by atoms with van der Waals surface area (Å²) in [5.74, 6) is 1.58. The molecule has 0 aromatic heterocycles. The Morgan fingerprint density at radius 1 is 0.656 bits per heavy atom. The second-order valence-corrected chi connectivity index (χ2v) is 7.29. The third kappa shape index (κ3) is 5.10. The summed E-state index contributed by atoms with van der Waals surface area (Å²) in [6, 6.07) is 13.2. The van der Waals surface area contributed by atoms with Crippen molar-refractivity contribution < 1.29 is 19.8 Å². The lowest BCUT2D eigenvalue weighted by molar-refractivity contribution is -0.122. The number of rotatable bonds is 2. The highest BCUT2D eigenvalue weighted by molar-refractivity contribution is 6.14. The zero-order valence-corrected chi connectivity index (χ0v) is 18.3. The van der Waals surface area contributed by atoms with Crippen LogP contribution in [-0.2, 0) is 9.59 Å². The molecule has 2 heterocycles. The predicted molar refractivity (Wildman–Crippen MR) is 124 cm³/mol. The van der Waals surface area contributed by atoms with Gasteiger partial charge in [-0.15, -0.1) is 0 Å². The number of carbonyl (C=O) groups is 2. The van der Waals surface area contributed by atoms with Gasteiger partial charge in [0, 0.05) is 14.1 Å². The quantitative estimate of drug-likeness (QED) is 0.711. The molecule has 2 aliphatic heterocycles. The van der Waals surface area contributed by atoms with Gasteiger partial charge in [0.15, 0.2) is 0 Å². The Morgan fingerprint density at radius 2 is 0.969 bits per heavy atom. The Balaban J connectivity index is 0.000000181. The molecule has 2 N–H and O–H groups in total. The Kier molecular flexibility index (Phi) is 6.53. The van der Waals surface area contributed by atoms with Gasteiger partial charge in [0.25, 0.3) is 11.8 Å². The van der Waals surface area contributed by atoms with Gasteiger partial charge in [-0.25, -0.2) is 9.98 Å². The average Bonchev–Trinajstić information content (AvgIpc) is 3.16. The lowest BCUT2D eigenvalue weighted by Crippen LogP contribution is -2.25. The van der Waals surface area contributed by atoms with Crippen LogP contribution in [0.25, 0.3) is 12.2 Å². The highest BCUT2D eigenvalue weighted by Gasteiger charge is 2.24. The van der Waals surface area contributed by atoms with Crippen LogP contribution in [0.4, 0.5) is 0 Å². The molecule has 0 aliphatic carbocycles. The van der Waals surface area contributed by atoms with Crippen LogP contribution in [0.2, 0.25) is 0 Å². The average molecular weight is 432 g/mol. The summed E-state index contributed by atoms with van der Waals surface area (Å²) in [6.07, 6.45) is 3.41. The van der Waals surface area contributed by atoms with E-state index in [0.29, 0.717) is 23.1 Å². The van der Waals surface area contributed by atoms with Crippen molar-refractivity contribution in [3.8, 4) is 11.5 Å². The molecule has 0 atom stereocenters. The van der Waals surface area contributed by atoms with E-state index in [0.717, 1.165) is 11.1 Å². The molecule has 0 saturated heterocycles. The number of aliphatic imine (C=N–C) groups is 2. The fourth-order valence-corrected chi connectivity index (χ4v) is 2.88. The van der Waals surface area contributed by atoms with E-state index in [9.17, 15) is 9.59 Å².